The molecule has 1 fully saturated rings. The highest BCUT2D eigenvalue weighted by Crippen LogP contribution is 2.18. The smallest absolute Gasteiger partial charge is 0.224 e. The van der Waals surface area contributed by atoms with Crippen LogP contribution in [0.3, 0.4) is 0 Å². The molecule has 0 aromatic carbocycles. The number of hydrogen-bond donors (Lipinski definition) is 1. The first-order valence-electron chi connectivity index (χ1n) is 7.88. The third-order valence-corrected chi connectivity index (χ3v) is 4.11. The van der Waals surface area contributed by atoms with E-state index in [1.807, 2.05) is 24.3 Å². The van der Waals surface area contributed by atoms with Gasteiger partial charge in [0, 0.05) is 31.5 Å². The van der Waals surface area contributed by atoms with E-state index in [4.69, 9.17) is 0 Å². The van der Waals surface area contributed by atoms with Crippen LogP contribution in [0.15, 0.2) is 43.0 Å². The number of carbonyl (C=O) groups is 1. The minimum absolute atomic E-state index is 0.0251. The van der Waals surface area contributed by atoms with Crippen LogP contribution >= 0.6 is 0 Å². The van der Waals surface area contributed by atoms with Crippen molar-refractivity contribution in [2.45, 2.75) is 18.9 Å². The average molecular weight is 323 g/mol. The van der Waals surface area contributed by atoms with E-state index in [9.17, 15) is 4.79 Å². The summed E-state index contributed by atoms with van der Waals surface area (Å²) in [4.78, 5) is 18.4. The molecule has 122 valence electrons. The number of hydrogen-bond acceptors (Lipinski definition) is 6. The fourth-order valence-electron chi connectivity index (χ4n) is 2.94. The third-order valence-electron chi connectivity index (χ3n) is 4.11. The van der Waals surface area contributed by atoms with Gasteiger partial charge in [0.1, 0.15) is 12.1 Å². The number of anilines is 1. The number of carbonyl (C=O) groups excluding carboxylic acids is 1. The molecular weight excluding hydrogens is 306 g/mol. The maximum Gasteiger partial charge on any atom is 0.224 e. The van der Waals surface area contributed by atoms with Crippen molar-refractivity contribution in [3.8, 4) is 0 Å². The Kier molecular flexibility index (Phi) is 3.78. The van der Waals surface area contributed by atoms with Crippen molar-refractivity contribution >= 4 is 17.4 Å². The molecule has 0 bridgehead atoms. The number of fused-ring (bicyclic) bond motifs is 1. The molecule has 1 atom stereocenters. The van der Waals surface area contributed by atoms with Crippen molar-refractivity contribution in [1.29, 1.82) is 0 Å². The van der Waals surface area contributed by atoms with E-state index in [1.165, 1.54) is 0 Å². The van der Waals surface area contributed by atoms with Gasteiger partial charge in [0.15, 0.2) is 5.65 Å². The Bertz CT molecular complexity index is 848. The Hall–Kier alpha value is -3.03. The summed E-state index contributed by atoms with van der Waals surface area (Å²) in [5.74, 6) is 0.892. The van der Waals surface area contributed by atoms with Crippen LogP contribution < -0.4 is 10.2 Å². The molecule has 0 spiro atoms. The second-order valence-corrected chi connectivity index (χ2v) is 5.86. The molecule has 8 heteroatoms. The van der Waals surface area contributed by atoms with Crippen LogP contribution in [-0.4, -0.2) is 49.8 Å². The summed E-state index contributed by atoms with van der Waals surface area (Å²) in [6, 6.07) is 7.71. The minimum atomic E-state index is 0.0251. The molecule has 1 amide bonds. The van der Waals surface area contributed by atoms with Crippen LogP contribution in [-0.2, 0) is 11.2 Å². The van der Waals surface area contributed by atoms with Gasteiger partial charge in [0.2, 0.25) is 5.91 Å². The normalized spacial score (nSPS) is 17.3. The van der Waals surface area contributed by atoms with Gasteiger partial charge in [-0.1, -0.05) is 6.07 Å². The topological polar surface area (TPSA) is 88.3 Å². The fraction of sp³-hybridized carbons (Fsp3) is 0.312. The SMILES string of the molecule is O=C(Cc1cccnc1)N[C@H]1CCN(c2ccc3nncn3n2)C1. The minimum Gasteiger partial charge on any atom is -0.353 e. The fourth-order valence-corrected chi connectivity index (χ4v) is 2.94. The Morgan fingerprint density at radius 2 is 2.29 bits per heavy atom. The van der Waals surface area contributed by atoms with Gasteiger partial charge in [0.25, 0.3) is 0 Å². The van der Waals surface area contributed by atoms with E-state index >= 15 is 0 Å². The Morgan fingerprint density at radius 1 is 1.33 bits per heavy atom. The zero-order chi connectivity index (χ0) is 16.4. The maximum atomic E-state index is 12.2. The van der Waals surface area contributed by atoms with Crippen molar-refractivity contribution in [3.63, 3.8) is 0 Å². The van der Waals surface area contributed by atoms with E-state index in [0.29, 0.717) is 6.42 Å². The van der Waals surface area contributed by atoms with Gasteiger partial charge in [-0.25, -0.2) is 0 Å². The van der Waals surface area contributed by atoms with Crippen molar-refractivity contribution in [2.24, 2.45) is 0 Å². The average Bonchev–Trinajstić information content (AvgIpc) is 3.24. The number of aromatic nitrogens is 5. The highest BCUT2D eigenvalue weighted by molar-refractivity contribution is 5.78. The molecule has 1 saturated heterocycles. The van der Waals surface area contributed by atoms with Crippen molar-refractivity contribution < 1.29 is 4.79 Å². The summed E-state index contributed by atoms with van der Waals surface area (Å²) < 4.78 is 1.66. The summed E-state index contributed by atoms with van der Waals surface area (Å²) in [6.07, 6.45) is 6.27. The summed E-state index contributed by atoms with van der Waals surface area (Å²) in [6.45, 7) is 1.61. The highest BCUT2D eigenvalue weighted by atomic mass is 16.1. The van der Waals surface area contributed by atoms with Crippen LogP contribution in [0, 0.1) is 0 Å². The molecule has 3 aromatic heterocycles. The molecule has 4 heterocycles. The predicted octanol–water partition coefficient (Wildman–Crippen LogP) is 0.457. The Morgan fingerprint density at radius 3 is 3.17 bits per heavy atom. The van der Waals surface area contributed by atoms with Crippen molar-refractivity contribution in [2.75, 3.05) is 18.0 Å². The van der Waals surface area contributed by atoms with Gasteiger partial charge in [-0.15, -0.1) is 15.3 Å². The molecule has 1 N–H and O–H groups in total. The lowest BCUT2D eigenvalue weighted by molar-refractivity contribution is -0.121. The molecule has 3 aromatic rings. The molecule has 1 aliphatic heterocycles. The van der Waals surface area contributed by atoms with E-state index in [2.05, 4.69) is 30.5 Å². The maximum absolute atomic E-state index is 12.2. The van der Waals surface area contributed by atoms with Crippen LogP contribution in [0.2, 0.25) is 0 Å². The molecule has 24 heavy (non-hydrogen) atoms. The third kappa shape index (κ3) is 3.03. The largest absolute Gasteiger partial charge is 0.353 e. The van der Waals surface area contributed by atoms with Gasteiger partial charge in [-0.2, -0.15) is 4.52 Å². The molecule has 0 unspecified atom stereocenters. The van der Waals surface area contributed by atoms with Crippen LogP contribution in [0.4, 0.5) is 5.82 Å². The van der Waals surface area contributed by atoms with Crippen LogP contribution in [0.1, 0.15) is 12.0 Å². The first-order chi connectivity index (χ1) is 11.8. The zero-order valence-corrected chi connectivity index (χ0v) is 13.0. The molecule has 1 aliphatic rings. The van der Waals surface area contributed by atoms with E-state index in [1.54, 1.807) is 23.2 Å². The molecule has 4 rings (SSSR count). The molecule has 0 aliphatic carbocycles. The van der Waals surface area contributed by atoms with E-state index in [-0.39, 0.29) is 11.9 Å². The number of nitrogens with zero attached hydrogens (tertiary/aromatic N) is 6. The zero-order valence-electron chi connectivity index (χ0n) is 13.0. The van der Waals surface area contributed by atoms with Crippen LogP contribution in [0.25, 0.3) is 5.65 Å². The number of nitrogens with one attached hydrogen (secondary N) is 1. The molecule has 0 radical (unpaired) electrons. The quantitative estimate of drug-likeness (QED) is 0.750. The molecule has 0 saturated carbocycles. The second-order valence-electron chi connectivity index (χ2n) is 5.86. The number of rotatable bonds is 4. The first kappa shape index (κ1) is 14.6. The summed E-state index contributed by atoms with van der Waals surface area (Å²) >= 11 is 0. The lowest BCUT2D eigenvalue weighted by atomic mass is 10.2. The van der Waals surface area contributed by atoms with E-state index < -0.39 is 0 Å². The lowest BCUT2D eigenvalue weighted by Gasteiger charge is -2.17. The van der Waals surface area contributed by atoms with Crippen molar-refractivity contribution in [3.05, 3.63) is 48.5 Å². The van der Waals surface area contributed by atoms with Gasteiger partial charge in [0.05, 0.1) is 6.42 Å². The molecule has 8 nitrogen and oxygen atoms in total. The summed E-state index contributed by atoms with van der Waals surface area (Å²) in [5.41, 5.74) is 1.64. The monoisotopic (exact) mass is 323 g/mol. The van der Waals surface area contributed by atoms with Crippen LogP contribution in [0.5, 0.6) is 0 Å². The van der Waals surface area contributed by atoms with Gasteiger partial charge in [-0.3, -0.25) is 9.78 Å². The standard InChI is InChI=1S/C16H17N7O/c24-16(8-12-2-1-6-17-9-12)19-13-5-7-22(10-13)15-4-3-14-20-18-11-23(14)21-15/h1-4,6,9,11,13H,5,7-8,10H2,(H,19,24)/t13-/m0/s1. The van der Waals surface area contributed by atoms with Gasteiger partial charge >= 0.3 is 0 Å². The summed E-state index contributed by atoms with van der Waals surface area (Å²) in [5, 5.41) is 15.4. The van der Waals surface area contributed by atoms with Gasteiger partial charge in [-0.05, 0) is 30.2 Å². The Labute approximate surface area is 138 Å². The van der Waals surface area contributed by atoms with E-state index in [0.717, 1.165) is 36.5 Å². The van der Waals surface area contributed by atoms with Gasteiger partial charge < -0.3 is 10.2 Å². The first-order valence-corrected chi connectivity index (χ1v) is 7.88. The molecular formula is C16H17N7O. The lowest BCUT2D eigenvalue weighted by Crippen LogP contribution is -2.38. The highest BCUT2D eigenvalue weighted by Gasteiger charge is 2.25. The second kappa shape index (κ2) is 6.23. The summed E-state index contributed by atoms with van der Waals surface area (Å²) in [7, 11) is 0. The predicted molar refractivity (Wildman–Crippen MR) is 87.5 cm³/mol. The Balaban J connectivity index is 1.36. The number of amides is 1. The number of pyridine rings is 1. The van der Waals surface area contributed by atoms with Crippen molar-refractivity contribution in [1.82, 2.24) is 30.1 Å².